The fourth-order valence-electron chi connectivity index (χ4n) is 3.07. The number of rotatable bonds is 5. The summed E-state index contributed by atoms with van der Waals surface area (Å²) in [6.07, 6.45) is 3.22. The Balaban J connectivity index is 2.16. The molecule has 0 amide bonds. The summed E-state index contributed by atoms with van der Waals surface area (Å²) in [4.78, 5) is 4.85. The molecule has 0 spiro atoms. The topological polar surface area (TPSA) is 41.8 Å². The summed E-state index contributed by atoms with van der Waals surface area (Å²) in [6, 6.07) is 8.59. The van der Waals surface area contributed by atoms with Crippen LogP contribution in [-0.2, 0) is 6.42 Å². The van der Waals surface area contributed by atoms with Crippen LogP contribution in [0.3, 0.4) is 0 Å². The van der Waals surface area contributed by atoms with E-state index in [4.69, 9.17) is 17.3 Å². The Bertz CT molecular complexity index is 801. The molecule has 3 rings (SSSR count). The number of thiophene rings is 1. The molecule has 2 heterocycles. The minimum Gasteiger partial charge on any atom is -0.353 e. The smallest absolute Gasteiger partial charge is 0.0935 e. The van der Waals surface area contributed by atoms with Crippen molar-refractivity contribution in [2.24, 2.45) is 5.73 Å². The molecule has 4 heteroatoms. The number of unbranched alkanes of at least 4 members (excludes halogenated alkanes) is 1. The summed E-state index contributed by atoms with van der Waals surface area (Å²) in [5, 5.41) is 1.34. The molecule has 0 saturated heterocycles. The average Bonchev–Trinajstić information content (AvgIpc) is 3.04. The summed E-state index contributed by atoms with van der Waals surface area (Å²) in [5.74, 6) is 0. The van der Waals surface area contributed by atoms with E-state index in [-0.39, 0.29) is 0 Å². The van der Waals surface area contributed by atoms with Crippen LogP contribution in [-0.4, -0.2) is 11.5 Å². The molecule has 0 bridgehead atoms. The molecule has 0 fully saturated rings. The number of hydrogen-bond acceptors (Lipinski definition) is 2. The normalized spacial score (nSPS) is 11.5. The zero-order chi connectivity index (χ0) is 15.7. The third kappa shape index (κ3) is 2.94. The maximum atomic E-state index is 6.13. The third-order valence-electron chi connectivity index (χ3n) is 4.06. The summed E-state index contributed by atoms with van der Waals surface area (Å²) >= 11 is 7.76. The van der Waals surface area contributed by atoms with Gasteiger partial charge >= 0.3 is 0 Å². The molecule has 0 radical (unpaired) electrons. The summed E-state index contributed by atoms with van der Waals surface area (Å²) in [7, 11) is 0. The molecule has 1 aromatic carbocycles. The molecule has 2 nitrogen and oxygen atoms in total. The number of nitrogens with one attached hydrogen (secondary N) is 1. The predicted octanol–water partition coefficient (Wildman–Crippen LogP) is 5.45. The Labute approximate surface area is 140 Å². The van der Waals surface area contributed by atoms with Gasteiger partial charge in [0.15, 0.2) is 0 Å². The van der Waals surface area contributed by atoms with Crippen LogP contribution in [0.4, 0.5) is 0 Å². The Kier molecular flexibility index (Phi) is 4.57. The Morgan fingerprint density at radius 1 is 1.18 bits per heavy atom. The van der Waals surface area contributed by atoms with Crippen molar-refractivity contribution in [2.45, 2.75) is 33.1 Å². The fourth-order valence-corrected chi connectivity index (χ4v) is 4.14. The van der Waals surface area contributed by atoms with Crippen molar-refractivity contribution in [2.75, 3.05) is 6.54 Å². The first-order chi connectivity index (χ1) is 10.6. The number of H-pyrrole nitrogens is 1. The number of nitrogens with two attached hydrogens (primary N) is 1. The van der Waals surface area contributed by atoms with Crippen LogP contribution in [0.2, 0.25) is 4.34 Å². The number of fused-ring (bicyclic) bond motifs is 1. The van der Waals surface area contributed by atoms with E-state index in [9.17, 15) is 0 Å². The van der Waals surface area contributed by atoms with Crippen molar-refractivity contribution in [1.29, 1.82) is 0 Å². The van der Waals surface area contributed by atoms with Gasteiger partial charge in [-0.1, -0.05) is 23.2 Å². The van der Waals surface area contributed by atoms with Crippen molar-refractivity contribution in [1.82, 2.24) is 4.98 Å². The van der Waals surface area contributed by atoms with Crippen molar-refractivity contribution in [3.05, 3.63) is 45.3 Å². The first-order valence-electron chi connectivity index (χ1n) is 7.67. The van der Waals surface area contributed by atoms with Crippen LogP contribution >= 0.6 is 22.9 Å². The number of aromatic amines is 1. The maximum Gasteiger partial charge on any atom is 0.0935 e. The molecular formula is C18H21ClN2S. The van der Waals surface area contributed by atoms with Gasteiger partial charge in [0.05, 0.1) is 14.9 Å². The molecule has 0 aliphatic heterocycles. The highest BCUT2D eigenvalue weighted by molar-refractivity contribution is 7.19. The molecule has 3 aromatic rings. The lowest BCUT2D eigenvalue weighted by Gasteiger charge is -2.04. The van der Waals surface area contributed by atoms with Gasteiger partial charge in [-0.3, -0.25) is 0 Å². The molecule has 0 atom stereocenters. The number of aryl methyl sites for hydroxylation is 3. The van der Waals surface area contributed by atoms with Crippen molar-refractivity contribution >= 4 is 33.8 Å². The van der Waals surface area contributed by atoms with Crippen molar-refractivity contribution in [3.8, 4) is 10.6 Å². The van der Waals surface area contributed by atoms with Crippen LogP contribution in [0, 0.1) is 13.8 Å². The molecule has 0 saturated carbocycles. The largest absolute Gasteiger partial charge is 0.353 e. The maximum absolute atomic E-state index is 6.13. The van der Waals surface area contributed by atoms with Crippen LogP contribution in [0.15, 0.2) is 24.3 Å². The number of halogens is 1. The van der Waals surface area contributed by atoms with Crippen LogP contribution < -0.4 is 5.73 Å². The first-order valence-corrected chi connectivity index (χ1v) is 8.87. The number of aromatic nitrogens is 1. The van der Waals surface area contributed by atoms with E-state index in [0.29, 0.717) is 0 Å². The van der Waals surface area contributed by atoms with Gasteiger partial charge in [-0.25, -0.2) is 0 Å². The number of hydrogen-bond donors (Lipinski definition) is 2. The van der Waals surface area contributed by atoms with Crippen molar-refractivity contribution in [3.63, 3.8) is 0 Å². The van der Waals surface area contributed by atoms with Gasteiger partial charge in [0.1, 0.15) is 0 Å². The highest BCUT2D eigenvalue weighted by atomic mass is 35.5. The molecule has 116 valence electrons. The molecular weight excluding hydrogens is 312 g/mol. The predicted molar refractivity (Wildman–Crippen MR) is 98.1 cm³/mol. The van der Waals surface area contributed by atoms with Gasteiger partial charge < -0.3 is 10.7 Å². The lowest BCUT2D eigenvalue weighted by Crippen LogP contribution is -1.99. The van der Waals surface area contributed by atoms with Gasteiger partial charge in [0.25, 0.3) is 0 Å². The quantitative estimate of drug-likeness (QED) is 0.599. The Morgan fingerprint density at radius 2 is 2.00 bits per heavy atom. The van der Waals surface area contributed by atoms with E-state index in [1.165, 1.54) is 38.2 Å². The Hall–Kier alpha value is -1.29. The minimum atomic E-state index is 0.751. The Morgan fingerprint density at radius 3 is 2.68 bits per heavy atom. The average molecular weight is 333 g/mol. The third-order valence-corrected chi connectivity index (χ3v) is 5.31. The molecule has 22 heavy (non-hydrogen) atoms. The highest BCUT2D eigenvalue weighted by Gasteiger charge is 2.16. The summed E-state index contributed by atoms with van der Waals surface area (Å²) in [6.45, 7) is 5.08. The summed E-state index contributed by atoms with van der Waals surface area (Å²) < 4.78 is 0.828. The highest BCUT2D eigenvalue weighted by Crippen LogP contribution is 2.38. The zero-order valence-corrected chi connectivity index (χ0v) is 14.6. The van der Waals surface area contributed by atoms with Crippen LogP contribution in [0.5, 0.6) is 0 Å². The second kappa shape index (κ2) is 6.45. The molecule has 3 N–H and O–H groups in total. The molecule has 2 aromatic heterocycles. The lowest BCUT2D eigenvalue weighted by molar-refractivity contribution is 0.748. The van der Waals surface area contributed by atoms with Crippen LogP contribution in [0.25, 0.3) is 21.5 Å². The van der Waals surface area contributed by atoms with E-state index < -0.39 is 0 Å². The minimum absolute atomic E-state index is 0.751. The van der Waals surface area contributed by atoms with E-state index in [1.807, 2.05) is 6.07 Å². The van der Waals surface area contributed by atoms with Crippen LogP contribution in [0.1, 0.15) is 29.5 Å². The standard InChI is InChI=1S/C18H21ClN2S/c1-11-9-12(2)17-14(10-11)13(5-3-4-8-20)18(21-17)15-6-7-16(19)22-15/h6-7,9-10,21H,3-5,8,20H2,1-2H3. The fraction of sp³-hybridized carbons (Fsp3) is 0.333. The molecule has 0 unspecified atom stereocenters. The second-order valence-corrected chi connectivity index (χ2v) is 7.55. The zero-order valence-electron chi connectivity index (χ0n) is 13.0. The van der Waals surface area contributed by atoms with E-state index in [2.05, 4.69) is 37.0 Å². The van der Waals surface area contributed by atoms with Gasteiger partial charge in [-0.05, 0) is 69.0 Å². The SMILES string of the molecule is Cc1cc(C)c2[nH]c(-c3ccc(Cl)s3)c(CCCCN)c2c1. The van der Waals surface area contributed by atoms with E-state index >= 15 is 0 Å². The van der Waals surface area contributed by atoms with Gasteiger partial charge in [-0.15, -0.1) is 11.3 Å². The van der Waals surface area contributed by atoms with Gasteiger partial charge in [0, 0.05) is 10.9 Å². The van der Waals surface area contributed by atoms with Gasteiger partial charge in [0.2, 0.25) is 0 Å². The second-order valence-electron chi connectivity index (χ2n) is 5.83. The monoisotopic (exact) mass is 332 g/mol. The number of benzene rings is 1. The van der Waals surface area contributed by atoms with E-state index in [0.717, 1.165) is 30.1 Å². The molecule has 0 aliphatic rings. The lowest BCUT2D eigenvalue weighted by atomic mass is 10.0. The first kappa shape index (κ1) is 15.6. The van der Waals surface area contributed by atoms with Crippen molar-refractivity contribution < 1.29 is 0 Å². The van der Waals surface area contributed by atoms with E-state index in [1.54, 1.807) is 11.3 Å². The van der Waals surface area contributed by atoms with Gasteiger partial charge in [-0.2, -0.15) is 0 Å². The summed E-state index contributed by atoms with van der Waals surface area (Å²) in [5.41, 5.74) is 12.1. The molecule has 0 aliphatic carbocycles.